The van der Waals surface area contributed by atoms with Crippen molar-refractivity contribution in [3.05, 3.63) is 102 Å². The van der Waals surface area contributed by atoms with Gasteiger partial charge in [0.2, 0.25) is 5.91 Å². The van der Waals surface area contributed by atoms with Crippen molar-refractivity contribution in [3.63, 3.8) is 0 Å². The van der Waals surface area contributed by atoms with Crippen LogP contribution in [0.3, 0.4) is 0 Å². The lowest BCUT2D eigenvalue weighted by atomic mass is 10.0. The SMILES string of the molecule is CCC[C@@H](Cc1ccc(OCc2ccccc2)cc1)NC(=O)CCCCCCc1ccccc1. The number of hydrogen-bond acceptors (Lipinski definition) is 2. The molecule has 1 N–H and O–H groups in total. The highest BCUT2D eigenvalue weighted by atomic mass is 16.5. The summed E-state index contributed by atoms with van der Waals surface area (Å²) in [5.41, 5.74) is 3.79. The Kier molecular flexibility index (Phi) is 11.2. The molecule has 34 heavy (non-hydrogen) atoms. The van der Waals surface area contributed by atoms with Crippen LogP contribution in [-0.4, -0.2) is 11.9 Å². The number of ether oxygens (including phenoxy) is 1. The molecule has 3 aromatic carbocycles. The summed E-state index contributed by atoms with van der Waals surface area (Å²) in [5.74, 6) is 1.06. The standard InChI is InChI=1S/C31H39NO2/c1-2-13-29(32-31(33)19-12-4-3-7-14-26-15-8-5-9-16-26)24-27-20-22-30(23-21-27)34-25-28-17-10-6-11-18-28/h5-6,8-11,15-18,20-23,29H,2-4,7,12-14,19,24-25H2,1H3,(H,32,33)/t29-/m0/s1. The molecule has 0 bridgehead atoms. The second-order valence-corrected chi connectivity index (χ2v) is 9.08. The number of benzene rings is 3. The maximum absolute atomic E-state index is 12.5. The molecule has 0 unspecified atom stereocenters. The van der Waals surface area contributed by atoms with E-state index in [1.807, 2.05) is 30.3 Å². The number of carbonyl (C=O) groups excluding carboxylic acids is 1. The van der Waals surface area contributed by atoms with Crippen molar-refractivity contribution in [1.29, 1.82) is 0 Å². The van der Waals surface area contributed by atoms with Gasteiger partial charge in [0.15, 0.2) is 0 Å². The number of hydrogen-bond donors (Lipinski definition) is 1. The van der Waals surface area contributed by atoms with Gasteiger partial charge in [-0.2, -0.15) is 0 Å². The van der Waals surface area contributed by atoms with E-state index in [0.717, 1.165) is 49.8 Å². The Morgan fingerprint density at radius 2 is 1.41 bits per heavy atom. The van der Waals surface area contributed by atoms with Gasteiger partial charge >= 0.3 is 0 Å². The van der Waals surface area contributed by atoms with Gasteiger partial charge in [0.05, 0.1) is 0 Å². The second-order valence-electron chi connectivity index (χ2n) is 9.08. The number of rotatable bonds is 15. The Morgan fingerprint density at radius 1 is 0.765 bits per heavy atom. The Morgan fingerprint density at radius 3 is 2.09 bits per heavy atom. The van der Waals surface area contributed by atoms with Crippen LogP contribution in [0.15, 0.2) is 84.9 Å². The van der Waals surface area contributed by atoms with Crippen LogP contribution < -0.4 is 10.1 Å². The van der Waals surface area contributed by atoms with E-state index in [1.54, 1.807) is 0 Å². The van der Waals surface area contributed by atoms with Gasteiger partial charge in [-0.25, -0.2) is 0 Å². The van der Waals surface area contributed by atoms with Crippen LogP contribution in [0, 0.1) is 0 Å². The first-order valence-corrected chi connectivity index (χ1v) is 12.8. The van der Waals surface area contributed by atoms with Crippen LogP contribution in [0.1, 0.15) is 68.6 Å². The molecule has 3 nitrogen and oxygen atoms in total. The van der Waals surface area contributed by atoms with Gasteiger partial charge in [-0.3, -0.25) is 4.79 Å². The van der Waals surface area contributed by atoms with Crippen LogP contribution in [0.5, 0.6) is 5.75 Å². The van der Waals surface area contributed by atoms with Gasteiger partial charge in [-0.05, 0) is 60.9 Å². The third-order valence-corrected chi connectivity index (χ3v) is 6.12. The fourth-order valence-corrected chi connectivity index (χ4v) is 4.23. The van der Waals surface area contributed by atoms with Crippen LogP contribution in [-0.2, 0) is 24.2 Å². The number of amides is 1. The van der Waals surface area contributed by atoms with E-state index in [0.29, 0.717) is 13.0 Å². The van der Waals surface area contributed by atoms with E-state index in [9.17, 15) is 4.79 Å². The highest BCUT2D eigenvalue weighted by Crippen LogP contribution is 2.17. The Hall–Kier alpha value is -3.07. The molecular formula is C31H39NO2. The largest absolute Gasteiger partial charge is 0.489 e. The molecule has 3 heteroatoms. The van der Waals surface area contributed by atoms with Gasteiger partial charge < -0.3 is 10.1 Å². The monoisotopic (exact) mass is 457 g/mol. The molecule has 0 aromatic heterocycles. The highest BCUT2D eigenvalue weighted by Gasteiger charge is 2.12. The third-order valence-electron chi connectivity index (χ3n) is 6.12. The van der Waals surface area contributed by atoms with Crippen LogP contribution in [0.2, 0.25) is 0 Å². The quantitative estimate of drug-likeness (QED) is 0.243. The predicted molar refractivity (Wildman–Crippen MR) is 141 cm³/mol. The lowest BCUT2D eigenvalue weighted by Gasteiger charge is -2.18. The topological polar surface area (TPSA) is 38.3 Å². The predicted octanol–water partition coefficient (Wildman–Crippen LogP) is 7.29. The normalized spacial score (nSPS) is 11.7. The average Bonchev–Trinajstić information content (AvgIpc) is 2.87. The Labute approximate surface area is 205 Å². The Balaban J connectivity index is 1.34. The van der Waals surface area contributed by atoms with E-state index < -0.39 is 0 Å². The molecule has 0 aliphatic carbocycles. The highest BCUT2D eigenvalue weighted by molar-refractivity contribution is 5.76. The summed E-state index contributed by atoms with van der Waals surface area (Å²) in [6, 6.07) is 29.3. The first-order valence-electron chi connectivity index (χ1n) is 12.8. The molecule has 1 atom stereocenters. The molecule has 3 aromatic rings. The minimum absolute atomic E-state index is 0.185. The summed E-state index contributed by atoms with van der Waals surface area (Å²) in [6.07, 6.45) is 9.11. The Bertz CT molecular complexity index is 938. The fraction of sp³-hybridized carbons (Fsp3) is 0.387. The van der Waals surface area contributed by atoms with Crippen LogP contribution >= 0.6 is 0 Å². The fourth-order valence-electron chi connectivity index (χ4n) is 4.23. The molecule has 0 aliphatic heterocycles. The van der Waals surface area contributed by atoms with Crippen molar-refractivity contribution in [3.8, 4) is 5.75 Å². The van der Waals surface area contributed by atoms with Crippen LogP contribution in [0.4, 0.5) is 0 Å². The first-order chi connectivity index (χ1) is 16.7. The van der Waals surface area contributed by atoms with E-state index in [2.05, 4.69) is 66.8 Å². The van der Waals surface area contributed by atoms with Crippen molar-refractivity contribution < 1.29 is 9.53 Å². The zero-order chi connectivity index (χ0) is 23.8. The lowest BCUT2D eigenvalue weighted by Crippen LogP contribution is -2.36. The van der Waals surface area contributed by atoms with Gasteiger partial charge in [0.1, 0.15) is 12.4 Å². The average molecular weight is 458 g/mol. The van der Waals surface area contributed by atoms with E-state index in [4.69, 9.17) is 4.74 Å². The molecule has 0 radical (unpaired) electrons. The molecule has 0 saturated heterocycles. The maximum atomic E-state index is 12.5. The molecule has 180 valence electrons. The van der Waals surface area contributed by atoms with Gasteiger partial charge in [0, 0.05) is 12.5 Å². The molecular weight excluding hydrogens is 418 g/mol. The van der Waals surface area contributed by atoms with Gasteiger partial charge in [0.25, 0.3) is 0 Å². The van der Waals surface area contributed by atoms with E-state index in [-0.39, 0.29) is 11.9 Å². The maximum Gasteiger partial charge on any atom is 0.220 e. The minimum atomic E-state index is 0.185. The molecule has 1 amide bonds. The minimum Gasteiger partial charge on any atom is -0.489 e. The van der Waals surface area contributed by atoms with Crippen molar-refractivity contribution in [1.82, 2.24) is 5.32 Å². The first kappa shape index (κ1) is 25.6. The van der Waals surface area contributed by atoms with Crippen molar-refractivity contribution >= 4 is 5.91 Å². The number of nitrogens with one attached hydrogen (secondary N) is 1. The van der Waals surface area contributed by atoms with Gasteiger partial charge in [-0.1, -0.05) is 99.0 Å². The molecule has 3 rings (SSSR count). The summed E-state index contributed by atoms with van der Waals surface area (Å²) in [4.78, 5) is 12.5. The molecule has 0 saturated carbocycles. The molecule has 0 fully saturated rings. The van der Waals surface area contributed by atoms with Crippen molar-refractivity contribution in [2.45, 2.75) is 77.4 Å². The smallest absolute Gasteiger partial charge is 0.220 e. The second kappa shape index (κ2) is 15.0. The van der Waals surface area contributed by atoms with E-state index >= 15 is 0 Å². The summed E-state index contributed by atoms with van der Waals surface area (Å²) in [6.45, 7) is 2.74. The number of unbranched alkanes of at least 4 members (excludes halogenated alkanes) is 3. The van der Waals surface area contributed by atoms with E-state index in [1.165, 1.54) is 24.0 Å². The van der Waals surface area contributed by atoms with Crippen LogP contribution in [0.25, 0.3) is 0 Å². The molecule has 0 aliphatic rings. The molecule has 0 spiro atoms. The summed E-state index contributed by atoms with van der Waals surface area (Å²) in [7, 11) is 0. The zero-order valence-electron chi connectivity index (χ0n) is 20.5. The summed E-state index contributed by atoms with van der Waals surface area (Å²) >= 11 is 0. The lowest BCUT2D eigenvalue weighted by molar-refractivity contribution is -0.121. The van der Waals surface area contributed by atoms with Crippen molar-refractivity contribution in [2.75, 3.05) is 0 Å². The van der Waals surface area contributed by atoms with Crippen molar-refractivity contribution in [2.24, 2.45) is 0 Å². The zero-order valence-corrected chi connectivity index (χ0v) is 20.5. The third kappa shape index (κ3) is 9.82. The summed E-state index contributed by atoms with van der Waals surface area (Å²) in [5, 5.41) is 3.27. The molecule has 0 heterocycles. The number of aryl methyl sites for hydroxylation is 1. The summed E-state index contributed by atoms with van der Waals surface area (Å²) < 4.78 is 5.89. The van der Waals surface area contributed by atoms with Gasteiger partial charge in [-0.15, -0.1) is 0 Å². The number of carbonyl (C=O) groups is 1.